The minimum absolute atomic E-state index is 0.0529. The fraction of sp³-hybridized carbons (Fsp3) is 1.00. The molecule has 2 aliphatic carbocycles. The predicted molar refractivity (Wildman–Crippen MR) is 56.0 cm³/mol. The minimum Gasteiger partial charge on any atom is -0.360 e. The first-order valence-electron chi connectivity index (χ1n) is 5.92. The highest BCUT2D eigenvalue weighted by molar-refractivity contribution is 5.03. The van der Waals surface area contributed by atoms with E-state index in [1.54, 1.807) is 0 Å². The maximum Gasteiger partial charge on any atom is 0.119 e. The highest BCUT2D eigenvalue weighted by Crippen LogP contribution is 2.52. The Morgan fingerprint density at radius 1 is 1.07 bits per heavy atom. The molecular formula is C12H21NO. The molecule has 0 aromatic rings. The van der Waals surface area contributed by atoms with Gasteiger partial charge in [0.1, 0.15) is 5.72 Å². The van der Waals surface area contributed by atoms with Crippen LogP contribution in [0.1, 0.15) is 46.0 Å². The van der Waals surface area contributed by atoms with Crippen molar-refractivity contribution in [2.45, 2.75) is 51.7 Å². The average molecular weight is 195 g/mol. The maximum absolute atomic E-state index is 6.13. The number of hydrogen-bond acceptors (Lipinski definition) is 2. The first kappa shape index (κ1) is 9.17. The van der Waals surface area contributed by atoms with Crippen molar-refractivity contribution in [3.8, 4) is 0 Å². The van der Waals surface area contributed by atoms with Crippen LogP contribution in [0.5, 0.6) is 0 Å². The largest absolute Gasteiger partial charge is 0.360 e. The van der Waals surface area contributed by atoms with Gasteiger partial charge in [-0.25, -0.2) is 0 Å². The van der Waals surface area contributed by atoms with Crippen molar-refractivity contribution in [2.75, 3.05) is 13.2 Å². The Morgan fingerprint density at radius 3 is 2.29 bits per heavy atom. The van der Waals surface area contributed by atoms with Gasteiger partial charge in [0.15, 0.2) is 0 Å². The summed E-state index contributed by atoms with van der Waals surface area (Å²) in [6.45, 7) is 6.92. The van der Waals surface area contributed by atoms with Gasteiger partial charge in [0, 0.05) is 12.0 Å². The molecule has 2 nitrogen and oxygen atoms in total. The average Bonchev–Trinajstić information content (AvgIpc) is 2.82. The van der Waals surface area contributed by atoms with E-state index in [4.69, 9.17) is 4.74 Å². The summed E-state index contributed by atoms with van der Waals surface area (Å²) >= 11 is 0. The molecule has 2 spiro atoms. The Balaban J connectivity index is 1.69. The molecule has 1 heterocycles. The van der Waals surface area contributed by atoms with Crippen LogP contribution in [0.3, 0.4) is 0 Å². The van der Waals surface area contributed by atoms with Crippen molar-refractivity contribution in [3.05, 3.63) is 0 Å². The van der Waals surface area contributed by atoms with Crippen LogP contribution < -0.4 is 5.32 Å². The van der Waals surface area contributed by atoms with Crippen LogP contribution in [0, 0.1) is 10.8 Å². The molecule has 1 atom stereocenters. The lowest BCUT2D eigenvalue weighted by Gasteiger charge is -2.40. The van der Waals surface area contributed by atoms with Crippen molar-refractivity contribution in [3.63, 3.8) is 0 Å². The topological polar surface area (TPSA) is 21.3 Å². The molecule has 0 radical (unpaired) electrons. The zero-order valence-corrected chi connectivity index (χ0v) is 9.36. The maximum atomic E-state index is 6.13. The Hall–Kier alpha value is -0.0800. The Kier molecular flexibility index (Phi) is 1.66. The normalized spacial score (nSPS) is 43.3. The number of ether oxygens (including phenoxy) is 1. The van der Waals surface area contributed by atoms with E-state index in [2.05, 4.69) is 19.2 Å². The summed E-state index contributed by atoms with van der Waals surface area (Å²) in [6, 6.07) is 0. The van der Waals surface area contributed by atoms with Crippen LogP contribution in [-0.2, 0) is 4.74 Å². The molecule has 1 aliphatic heterocycles. The van der Waals surface area contributed by atoms with Crippen LogP contribution in [0.4, 0.5) is 0 Å². The van der Waals surface area contributed by atoms with Crippen molar-refractivity contribution in [2.24, 2.45) is 10.8 Å². The summed E-state index contributed by atoms with van der Waals surface area (Å²) in [5.74, 6) is 0. The standard InChI is InChI=1S/C12H21NO/c1-10(2)3-6-12(7-10)13-8-11(4-5-11)9-14-12/h13H,3-9H2,1-2H3. The van der Waals surface area contributed by atoms with Crippen molar-refractivity contribution >= 4 is 0 Å². The molecule has 2 heteroatoms. The fourth-order valence-corrected chi connectivity index (χ4v) is 3.00. The highest BCUT2D eigenvalue weighted by Gasteiger charge is 2.53. The number of rotatable bonds is 0. The van der Waals surface area contributed by atoms with Gasteiger partial charge in [-0.05, 0) is 37.5 Å². The van der Waals surface area contributed by atoms with Gasteiger partial charge in [-0.3, -0.25) is 5.32 Å². The van der Waals surface area contributed by atoms with Gasteiger partial charge in [0.2, 0.25) is 0 Å². The van der Waals surface area contributed by atoms with E-state index < -0.39 is 0 Å². The van der Waals surface area contributed by atoms with Gasteiger partial charge in [0.25, 0.3) is 0 Å². The molecular weight excluding hydrogens is 174 g/mol. The molecule has 0 aromatic carbocycles. The zero-order chi connectivity index (χ0) is 9.86. The summed E-state index contributed by atoms with van der Waals surface area (Å²) < 4.78 is 6.13. The van der Waals surface area contributed by atoms with Gasteiger partial charge in [-0.1, -0.05) is 13.8 Å². The minimum atomic E-state index is 0.0529. The van der Waals surface area contributed by atoms with E-state index in [-0.39, 0.29) is 5.72 Å². The summed E-state index contributed by atoms with van der Waals surface area (Å²) in [5, 5.41) is 3.68. The van der Waals surface area contributed by atoms with E-state index >= 15 is 0 Å². The summed E-state index contributed by atoms with van der Waals surface area (Å²) in [6.07, 6.45) is 6.44. The molecule has 3 rings (SSSR count). The lowest BCUT2D eigenvalue weighted by Crippen LogP contribution is -2.54. The molecule has 3 fully saturated rings. The second-order valence-corrected chi connectivity index (χ2v) is 6.48. The highest BCUT2D eigenvalue weighted by atomic mass is 16.5. The van der Waals surface area contributed by atoms with Crippen LogP contribution in [0.25, 0.3) is 0 Å². The van der Waals surface area contributed by atoms with Gasteiger partial charge in [0.05, 0.1) is 6.61 Å². The van der Waals surface area contributed by atoms with Gasteiger partial charge >= 0.3 is 0 Å². The van der Waals surface area contributed by atoms with Crippen molar-refractivity contribution in [1.29, 1.82) is 0 Å². The summed E-state index contributed by atoms with van der Waals surface area (Å²) in [5.41, 5.74) is 1.08. The third-order valence-corrected chi connectivity index (χ3v) is 4.37. The van der Waals surface area contributed by atoms with Gasteiger partial charge in [-0.2, -0.15) is 0 Å². The number of nitrogens with one attached hydrogen (secondary N) is 1. The van der Waals surface area contributed by atoms with E-state index in [9.17, 15) is 0 Å². The molecule has 80 valence electrons. The van der Waals surface area contributed by atoms with E-state index in [1.807, 2.05) is 0 Å². The van der Waals surface area contributed by atoms with E-state index in [1.165, 1.54) is 38.6 Å². The molecule has 2 saturated carbocycles. The second-order valence-electron chi connectivity index (χ2n) is 6.48. The lowest BCUT2D eigenvalue weighted by atomic mass is 9.90. The Bertz CT molecular complexity index is 245. The van der Waals surface area contributed by atoms with Gasteiger partial charge in [-0.15, -0.1) is 0 Å². The Morgan fingerprint density at radius 2 is 1.86 bits per heavy atom. The van der Waals surface area contributed by atoms with Crippen LogP contribution in [-0.4, -0.2) is 18.9 Å². The summed E-state index contributed by atoms with van der Waals surface area (Å²) in [4.78, 5) is 0. The first-order valence-corrected chi connectivity index (χ1v) is 5.92. The van der Waals surface area contributed by atoms with Crippen molar-refractivity contribution in [1.82, 2.24) is 5.32 Å². The monoisotopic (exact) mass is 195 g/mol. The molecule has 3 aliphatic rings. The SMILES string of the molecule is CC1(C)CCC2(C1)NCC1(CC1)CO2. The fourth-order valence-electron chi connectivity index (χ4n) is 3.00. The van der Waals surface area contributed by atoms with Crippen LogP contribution >= 0.6 is 0 Å². The molecule has 1 saturated heterocycles. The molecule has 14 heavy (non-hydrogen) atoms. The first-order chi connectivity index (χ1) is 6.54. The van der Waals surface area contributed by atoms with E-state index in [0.29, 0.717) is 10.8 Å². The van der Waals surface area contributed by atoms with Crippen LogP contribution in [0.15, 0.2) is 0 Å². The second kappa shape index (κ2) is 2.53. The summed E-state index contributed by atoms with van der Waals surface area (Å²) in [7, 11) is 0. The lowest BCUT2D eigenvalue weighted by molar-refractivity contribution is -0.122. The smallest absolute Gasteiger partial charge is 0.119 e. The van der Waals surface area contributed by atoms with Crippen LogP contribution in [0.2, 0.25) is 0 Å². The third-order valence-electron chi connectivity index (χ3n) is 4.37. The molecule has 0 bridgehead atoms. The van der Waals surface area contributed by atoms with Crippen molar-refractivity contribution < 1.29 is 4.74 Å². The Labute approximate surface area is 86.4 Å². The number of hydrogen-bond donors (Lipinski definition) is 1. The molecule has 1 unspecified atom stereocenters. The quantitative estimate of drug-likeness (QED) is 0.640. The predicted octanol–water partition coefficient (Wildman–Crippen LogP) is 2.29. The third kappa shape index (κ3) is 1.40. The van der Waals surface area contributed by atoms with Gasteiger partial charge < -0.3 is 4.74 Å². The van der Waals surface area contributed by atoms with E-state index in [0.717, 1.165) is 6.61 Å². The zero-order valence-electron chi connectivity index (χ0n) is 9.36. The molecule has 0 aromatic heterocycles. The molecule has 1 N–H and O–H groups in total. The molecule has 0 amide bonds.